The summed E-state index contributed by atoms with van der Waals surface area (Å²) in [4.78, 5) is 16.1. The van der Waals surface area contributed by atoms with Gasteiger partial charge in [0.25, 0.3) is 0 Å². The Kier molecular flexibility index (Phi) is 4.45. The van der Waals surface area contributed by atoms with Gasteiger partial charge >= 0.3 is 6.18 Å². The van der Waals surface area contributed by atoms with E-state index in [9.17, 15) is 18.0 Å². The summed E-state index contributed by atoms with van der Waals surface area (Å²) in [7, 11) is 0. The molecule has 2 fully saturated rings. The van der Waals surface area contributed by atoms with Crippen LogP contribution in [-0.2, 0) is 10.3 Å². The molecule has 2 saturated carbocycles. The Hall–Kier alpha value is -1.79. The summed E-state index contributed by atoms with van der Waals surface area (Å²) in [6.07, 6.45) is 1.18. The van der Waals surface area contributed by atoms with E-state index in [0.717, 1.165) is 31.2 Å². The van der Waals surface area contributed by atoms with E-state index in [1.807, 2.05) is 0 Å². The highest BCUT2D eigenvalue weighted by molar-refractivity contribution is 5.78. The number of alkyl halides is 3. The maximum absolute atomic E-state index is 12.3. The number of halogens is 3. The Morgan fingerprint density at radius 1 is 1.36 bits per heavy atom. The van der Waals surface area contributed by atoms with Gasteiger partial charge in [-0.05, 0) is 48.6 Å². The lowest BCUT2D eigenvalue weighted by molar-refractivity contribution is -0.154. The zero-order chi connectivity index (χ0) is 18.3. The summed E-state index contributed by atoms with van der Waals surface area (Å²) in [5.41, 5.74) is 0.607. The molecule has 1 aromatic rings. The van der Waals surface area contributed by atoms with Crippen molar-refractivity contribution in [3.63, 3.8) is 0 Å². The van der Waals surface area contributed by atoms with Crippen LogP contribution in [0, 0.1) is 11.3 Å². The number of ether oxygens (including phenoxy) is 1. The molecule has 25 heavy (non-hydrogen) atoms. The molecular formula is C18H23F3N2O2. The van der Waals surface area contributed by atoms with Crippen LogP contribution in [0.2, 0.25) is 0 Å². The van der Waals surface area contributed by atoms with Gasteiger partial charge < -0.3 is 10.1 Å². The molecule has 1 N–H and O–H groups in total. The van der Waals surface area contributed by atoms with Gasteiger partial charge in [0.1, 0.15) is 0 Å². The minimum absolute atomic E-state index is 0.00701. The molecule has 7 heteroatoms. The zero-order valence-electron chi connectivity index (χ0n) is 14.4. The van der Waals surface area contributed by atoms with Gasteiger partial charge in [0, 0.05) is 18.7 Å². The van der Waals surface area contributed by atoms with Crippen molar-refractivity contribution in [1.82, 2.24) is 10.3 Å². The molecule has 0 spiro atoms. The highest BCUT2D eigenvalue weighted by Crippen LogP contribution is 2.48. The van der Waals surface area contributed by atoms with Crippen LogP contribution in [0.25, 0.3) is 0 Å². The summed E-state index contributed by atoms with van der Waals surface area (Å²) in [5.74, 6) is 0.359. The molecule has 3 rings (SSSR count). The lowest BCUT2D eigenvalue weighted by Crippen LogP contribution is -2.39. The summed E-state index contributed by atoms with van der Waals surface area (Å²) in [6.45, 7) is 3.02. The third kappa shape index (κ3) is 4.64. The van der Waals surface area contributed by atoms with Gasteiger partial charge in [-0.15, -0.1) is 0 Å². The fraction of sp³-hybridized carbons (Fsp3) is 0.667. The number of carbonyl (C=O) groups excluding carboxylic acids is 1. The standard InChI is InChI=1S/C18H23F3N2O2/c1-16(2)9-12(10-16)7-14(24)23-17(4-5-17)13-3-6-22-15(8-13)25-11-18(19,20)21/h3,6,8,12H,4-5,7,9-11H2,1-2H3,(H,23,24). The first-order valence-electron chi connectivity index (χ1n) is 8.54. The lowest BCUT2D eigenvalue weighted by Gasteiger charge is -2.42. The second kappa shape index (κ2) is 6.18. The monoisotopic (exact) mass is 356 g/mol. The number of carbonyl (C=O) groups is 1. The molecule has 0 saturated heterocycles. The maximum Gasteiger partial charge on any atom is 0.422 e. The Morgan fingerprint density at radius 2 is 2.04 bits per heavy atom. The highest BCUT2D eigenvalue weighted by atomic mass is 19.4. The first-order valence-corrected chi connectivity index (χ1v) is 8.54. The molecule has 0 aliphatic heterocycles. The van der Waals surface area contributed by atoms with E-state index < -0.39 is 18.3 Å². The number of hydrogen-bond acceptors (Lipinski definition) is 3. The summed E-state index contributed by atoms with van der Waals surface area (Å²) < 4.78 is 41.5. The van der Waals surface area contributed by atoms with Gasteiger partial charge in [-0.25, -0.2) is 4.98 Å². The Morgan fingerprint density at radius 3 is 2.60 bits per heavy atom. The molecule has 1 aromatic heterocycles. The fourth-order valence-corrected chi connectivity index (χ4v) is 3.78. The van der Waals surface area contributed by atoms with Crippen LogP contribution in [0.3, 0.4) is 0 Å². The molecular weight excluding hydrogens is 333 g/mol. The molecule has 0 unspecified atom stereocenters. The van der Waals surface area contributed by atoms with E-state index in [0.29, 0.717) is 17.8 Å². The summed E-state index contributed by atoms with van der Waals surface area (Å²) >= 11 is 0. The molecule has 0 bridgehead atoms. The van der Waals surface area contributed by atoms with Gasteiger partial charge in [0.15, 0.2) is 6.61 Å². The second-order valence-corrected chi connectivity index (χ2v) is 8.06. The topological polar surface area (TPSA) is 51.2 Å². The highest BCUT2D eigenvalue weighted by Gasteiger charge is 2.47. The normalized spacial score (nSPS) is 21.3. The number of rotatable bonds is 6. The third-order valence-electron chi connectivity index (χ3n) is 4.96. The van der Waals surface area contributed by atoms with Crippen molar-refractivity contribution < 1.29 is 22.7 Å². The molecule has 0 aromatic carbocycles. The fourth-order valence-electron chi connectivity index (χ4n) is 3.78. The van der Waals surface area contributed by atoms with Gasteiger partial charge in [-0.2, -0.15) is 13.2 Å². The van der Waals surface area contributed by atoms with Gasteiger partial charge in [-0.3, -0.25) is 4.79 Å². The number of amides is 1. The second-order valence-electron chi connectivity index (χ2n) is 8.06. The van der Waals surface area contributed by atoms with Crippen LogP contribution >= 0.6 is 0 Å². The van der Waals surface area contributed by atoms with Crippen LogP contribution in [0.4, 0.5) is 13.2 Å². The predicted molar refractivity (Wildman–Crippen MR) is 86.0 cm³/mol. The number of pyridine rings is 1. The SMILES string of the molecule is CC1(C)CC(CC(=O)NC2(c3ccnc(OCC(F)(F)F)c3)CC2)C1. The molecule has 0 radical (unpaired) electrons. The predicted octanol–water partition coefficient (Wildman–Crippen LogP) is 3.95. The van der Waals surface area contributed by atoms with Crippen LogP contribution in [-0.4, -0.2) is 23.7 Å². The molecule has 0 atom stereocenters. The lowest BCUT2D eigenvalue weighted by atomic mass is 9.63. The van der Waals surface area contributed by atoms with E-state index in [-0.39, 0.29) is 11.8 Å². The first-order chi connectivity index (χ1) is 11.6. The van der Waals surface area contributed by atoms with Crippen LogP contribution in [0.1, 0.15) is 51.5 Å². The first kappa shape index (κ1) is 18.0. The average Bonchev–Trinajstić information content (AvgIpc) is 3.23. The van der Waals surface area contributed by atoms with Gasteiger partial charge in [-0.1, -0.05) is 13.8 Å². The molecule has 2 aliphatic rings. The van der Waals surface area contributed by atoms with Crippen LogP contribution < -0.4 is 10.1 Å². The zero-order valence-corrected chi connectivity index (χ0v) is 14.4. The smallest absolute Gasteiger partial charge is 0.422 e. The number of hydrogen-bond donors (Lipinski definition) is 1. The van der Waals surface area contributed by atoms with E-state index in [1.165, 1.54) is 12.3 Å². The van der Waals surface area contributed by atoms with Gasteiger partial charge in [0.05, 0.1) is 5.54 Å². The van der Waals surface area contributed by atoms with Crippen molar-refractivity contribution in [2.45, 2.75) is 57.7 Å². The van der Waals surface area contributed by atoms with Crippen molar-refractivity contribution in [3.05, 3.63) is 23.9 Å². The third-order valence-corrected chi connectivity index (χ3v) is 4.96. The molecule has 138 valence electrons. The Balaban J connectivity index is 1.58. The average molecular weight is 356 g/mol. The minimum Gasteiger partial charge on any atom is -0.468 e. The Bertz CT molecular complexity index is 646. The van der Waals surface area contributed by atoms with E-state index in [1.54, 1.807) is 6.07 Å². The van der Waals surface area contributed by atoms with Crippen molar-refractivity contribution in [2.24, 2.45) is 11.3 Å². The van der Waals surface area contributed by atoms with E-state index in [2.05, 4.69) is 24.1 Å². The Labute approximate surface area is 145 Å². The molecule has 1 heterocycles. The largest absolute Gasteiger partial charge is 0.468 e. The van der Waals surface area contributed by atoms with Crippen molar-refractivity contribution in [2.75, 3.05) is 6.61 Å². The van der Waals surface area contributed by atoms with E-state index >= 15 is 0 Å². The van der Waals surface area contributed by atoms with Crippen LogP contribution in [0.5, 0.6) is 5.88 Å². The molecule has 4 nitrogen and oxygen atoms in total. The van der Waals surface area contributed by atoms with Gasteiger partial charge in [0.2, 0.25) is 11.8 Å². The maximum atomic E-state index is 12.3. The van der Waals surface area contributed by atoms with Crippen LogP contribution in [0.15, 0.2) is 18.3 Å². The van der Waals surface area contributed by atoms with E-state index in [4.69, 9.17) is 4.74 Å². The number of aromatic nitrogens is 1. The minimum atomic E-state index is -4.40. The summed E-state index contributed by atoms with van der Waals surface area (Å²) in [6, 6.07) is 3.21. The molecule has 2 aliphatic carbocycles. The van der Waals surface area contributed by atoms with Crippen molar-refractivity contribution in [3.8, 4) is 5.88 Å². The van der Waals surface area contributed by atoms with Crippen molar-refractivity contribution >= 4 is 5.91 Å². The quantitative estimate of drug-likeness (QED) is 0.840. The summed E-state index contributed by atoms with van der Waals surface area (Å²) in [5, 5.41) is 3.07. The molecule has 1 amide bonds. The number of nitrogens with zero attached hydrogens (tertiary/aromatic N) is 1. The number of nitrogens with one attached hydrogen (secondary N) is 1. The van der Waals surface area contributed by atoms with Crippen molar-refractivity contribution in [1.29, 1.82) is 0 Å².